The Morgan fingerprint density at radius 2 is 2.00 bits per heavy atom. The number of aromatic nitrogens is 1. The number of rotatable bonds is 6. The van der Waals surface area contributed by atoms with Gasteiger partial charge in [0.25, 0.3) is 0 Å². The van der Waals surface area contributed by atoms with Gasteiger partial charge in [-0.15, -0.1) is 0 Å². The molecule has 0 unspecified atom stereocenters. The molecule has 0 radical (unpaired) electrons. The Hall–Kier alpha value is -2.59. The fraction of sp³-hybridized carbons (Fsp3) is 0.286. The van der Waals surface area contributed by atoms with Crippen LogP contribution < -0.4 is 0 Å². The molecule has 3 rings (SSSR count). The van der Waals surface area contributed by atoms with Crippen molar-refractivity contribution in [1.82, 2.24) is 9.47 Å². The van der Waals surface area contributed by atoms with Crippen molar-refractivity contribution in [2.24, 2.45) is 7.05 Å². The van der Waals surface area contributed by atoms with Crippen LogP contribution in [-0.4, -0.2) is 40.2 Å². The van der Waals surface area contributed by atoms with Crippen LogP contribution in [0.5, 0.6) is 0 Å². The Bertz CT molecular complexity index is 787. The Labute approximate surface area is 148 Å². The molecule has 0 bridgehead atoms. The van der Waals surface area contributed by atoms with E-state index in [1.165, 1.54) is 16.8 Å². The number of carboxylic acid groups (broad SMARTS) is 1. The quantitative estimate of drug-likeness (QED) is 0.877. The summed E-state index contributed by atoms with van der Waals surface area (Å²) in [6.07, 6.45) is 7.87. The van der Waals surface area contributed by atoms with Crippen molar-refractivity contribution in [2.45, 2.75) is 12.8 Å². The molecule has 4 nitrogen and oxygen atoms in total. The highest BCUT2D eigenvalue weighted by Gasteiger charge is 2.16. The van der Waals surface area contributed by atoms with Crippen molar-refractivity contribution >= 4 is 11.5 Å². The van der Waals surface area contributed by atoms with Crippen molar-refractivity contribution in [3.8, 4) is 0 Å². The highest BCUT2D eigenvalue weighted by molar-refractivity contribution is 5.87. The summed E-state index contributed by atoms with van der Waals surface area (Å²) in [7, 11) is 2.06. The third-order valence-corrected chi connectivity index (χ3v) is 4.60. The smallest absolute Gasteiger partial charge is 0.332 e. The number of benzene rings is 1. The number of hydrogen-bond donors (Lipinski definition) is 1. The molecule has 0 saturated heterocycles. The number of hydrogen-bond acceptors (Lipinski definition) is 2. The molecule has 130 valence electrons. The van der Waals surface area contributed by atoms with Gasteiger partial charge in [-0.05, 0) is 30.5 Å². The molecule has 0 saturated carbocycles. The third kappa shape index (κ3) is 4.28. The second-order valence-corrected chi connectivity index (χ2v) is 6.38. The molecule has 25 heavy (non-hydrogen) atoms. The Morgan fingerprint density at radius 1 is 1.20 bits per heavy atom. The van der Waals surface area contributed by atoms with Crippen molar-refractivity contribution in [3.63, 3.8) is 0 Å². The van der Waals surface area contributed by atoms with E-state index in [1.807, 2.05) is 12.1 Å². The summed E-state index contributed by atoms with van der Waals surface area (Å²) < 4.78 is 2.13. The zero-order valence-corrected chi connectivity index (χ0v) is 14.6. The lowest BCUT2D eigenvalue weighted by Gasteiger charge is -2.25. The molecular formula is C21H24N2O2. The zero-order valence-electron chi connectivity index (χ0n) is 14.6. The van der Waals surface area contributed by atoms with Gasteiger partial charge in [-0.3, -0.25) is 4.90 Å². The Morgan fingerprint density at radius 3 is 2.68 bits per heavy atom. The van der Waals surface area contributed by atoms with Crippen molar-refractivity contribution in [2.75, 3.05) is 19.6 Å². The summed E-state index contributed by atoms with van der Waals surface area (Å²) in [5, 5.41) is 9.16. The SMILES string of the molecule is Cn1cccc1C(=CCCN1CCC=C(C(=O)O)C1)c1ccccc1. The lowest BCUT2D eigenvalue weighted by Crippen LogP contribution is -2.32. The Balaban J connectivity index is 1.73. The molecule has 0 amide bonds. The van der Waals surface area contributed by atoms with Crippen LogP contribution in [0.3, 0.4) is 0 Å². The van der Waals surface area contributed by atoms with Crippen molar-refractivity contribution in [1.29, 1.82) is 0 Å². The van der Waals surface area contributed by atoms with Crippen LogP contribution in [0.15, 0.2) is 66.4 Å². The summed E-state index contributed by atoms with van der Waals surface area (Å²) >= 11 is 0. The monoisotopic (exact) mass is 336 g/mol. The van der Waals surface area contributed by atoms with E-state index in [1.54, 1.807) is 0 Å². The van der Waals surface area contributed by atoms with Gasteiger partial charge in [0.1, 0.15) is 0 Å². The predicted octanol–water partition coefficient (Wildman–Crippen LogP) is 3.56. The highest BCUT2D eigenvalue weighted by atomic mass is 16.4. The van der Waals surface area contributed by atoms with Crippen LogP contribution in [0.1, 0.15) is 24.1 Å². The second kappa shape index (κ2) is 7.99. The molecule has 4 heteroatoms. The minimum atomic E-state index is -0.797. The van der Waals surface area contributed by atoms with E-state index in [0.29, 0.717) is 12.1 Å². The number of nitrogens with zero attached hydrogens (tertiary/aromatic N) is 2. The summed E-state index contributed by atoms with van der Waals surface area (Å²) in [5.41, 5.74) is 4.13. The highest BCUT2D eigenvalue weighted by Crippen LogP contribution is 2.24. The van der Waals surface area contributed by atoms with Crippen LogP contribution in [0.2, 0.25) is 0 Å². The first kappa shape index (κ1) is 17.2. The van der Waals surface area contributed by atoms with Gasteiger partial charge in [0.15, 0.2) is 0 Å². The molecule has 1 aromatic heterocycles. The zero-order chi connectivity index (χ0) is 17.6. The molecule has 1 aliphatic rings. The van der Waals surface area contributed by atoms with Gasteiger partial charge in [0, 0.05) is 49.7 Å². The van der Waals surface area contributed by atoms with Gasteiger partial charge in [0.2, 0.25) is 0 Å². The lowest BCUT2D eigenvalue weighted by atomic mass is 10.0. The van der Waals surface area contributed by atoms with Crippen LogP contribution in [0, 0.1) is 0 Å². The number of carboxylic acids is 1. The van der Waals surface area contributed by atoms with E-state index in [0.717, 1.165) is 25.9 Å². The molecule has 0 aliphatic carbocycles. The summed E-state index contributed by atoms with van der Waals surface area (Å²) in [4.78, 5) is 13.4. The van der Waals surface area contributed by atoms with E-state index in [-0.39, 0.29) is 0 Å². The first-order valence-corrected chi connectivity index (χ1v) is 8.67. The first-order valence-electron chi connectivity index (χ1n) is 8.67. The van der Waals surface area contributed by atoms with Crippen molar-refractivity contribution < 1.29 is 9.90 Å². The average Bonchev–Trinajstić information content (AvgIpc) is 3.05. The third-order valence-electron chi connectivity index (χ3n) is 4.60. The van der Waals surface area contributed by atoms with Crippen LogP contribution in [0.25, 0.3) is 5.57 Å². The standard InChI is InChI=1S/C21H24N2O2/c1-22-13-7-12-20(22)19(17-8-3-2-4-9-17)11-6-15-23-14-5-10-18(16-23)21(24)25/h2-4,7-13H,5-6,14-16H2,1H3,(H,24,25). The van der Waals surface area contributed by atoms with Gasteiger partial charge < -0.3 is 9.67 Å². The van der Waals surface area contributed by atoms with Gasteiger partial charge in [-0.2, -0.15) is 0 Å². The molecule has 0 fully saturated rings. The fourth-order valence-corrected chi connectivity index (χ4v) is 3.27. The van der Waals surface area contributed by atoms with Gasteiger partial charge in [0.05, 0.1) is 0 Å². The fourth-order valence-electron chi connectivity index (χ4n) is 3.27. The number of aliphatic carboxylic acids is 1. The molecule has 0 atom stereocenters. The maximum atomic E-state index is 11.2. The van der Waals surface area contributed by atoms with Gasteiger partial charge in [-0.1, -0.05) is 42.5 Å². The molecule has 2 aromatic rings. The molecule has 1 aromatic carbocycles. The molecule has 1 aliphatic heterocycles. The second-order valence-electron chi connectivity index (χ2n) is 6.38. The van der Waals surface area contributed by atoms with Crippen molar-refractivity contribution in [3.05, 3.63) is 77.6 Å². The molecule has 2 heterocycles. The summed E-state index contributed by atoms with van der Waals surface area (Å²) in [5.74, 6) is -0.797. The number of aryl methyl sites for hydroxylation is 1. The van der Waals surface area contributed by atoms with Crippen LogP contribution in [0.4, 0.5) is 0 Å². The summed E-state index contributed by atoms with van der Waals surface area (Å²) in [6, 6.07) is 14.6. The minimum Gasteiger partial charge on any atom is -0.478 e. The topological polar surface area (TPSA) is 45.5 Å². The normalized spacial score (nSPS) is 15.9. The predicted molar refractivity (Wildman–Crippen MR) is 100 cm³/mol. The van der Waals surface area contributed by atoms with Gasteiger partial charge in [-0.25, -0.2) is 4.79 Å². The minimum absolute atomic E-state index is 0.515. The maximum Gasteiger partial charge on any atom is 0.332 e. The first-order chi connectivity index (χ1) is 12.1. The van der Waals surface area contributed by atoms with Crippen LogP contribution in [-0.2, 0) is 11.8 Å². The largest absolute Gasteiger partial charge is 0.478 e. The van der Waals surface area contributed by atoms with E-state index in [4.69, 9.17) is 5.11 Å². The number of carbonyl (C=O) groups is 1. The molecule has 1 N–H and O–H groups in total. The summed E-state index contributed by atoms with van der Waals surface area (Å²) in [6.45, 7) is 2.33. The van der Waals surface area contributed by atoms with E-state index < -0.39 is 5.97 Å². The van der Waals surface area contributed by atoms with E-state index in [2.05, 4.69) is 65.2 Å². The van der Waals surface area contributed by atoms with E-state index >= 15 is 0 Å². The van der Waals surface area contributed by atoms with Crippen LogP contribution >= 0.6 is 0 Å². The molecular weight excluding hydrogens is 312 g/mol. The maximum absolute atomic E-state index is 11.2. The average molecular weight is 336 g/mol. The van der Waals surface area contributed by atoms with E-state index in [9.17, 15) is 4.79 Å². The molecule has 0 spiro atoms. The Kier molecular flexibility index (Phi) is 5.51. The lowest BCUT2D eigenvalue weighted by molar-refractivity contribution is -0.133. The van der Waals surface area contributed by atoms with Gasteiger partial charge >= 0.3 is 5.97 Å².